The minimum absolute atomic E-state index is 0.00738. The van der Waals surface area contributed by atoms with Crippen LogP contribution in [0.15, 0.2) is 0 Å². The molecule has 0 aromatic rings. The second-order valence-electron chi connectivity index (χ2n) is 8.39. The SMILES string of the molecule is CC(C)CCN(C1CC1)C1(CN)CC(C)(C)OC1(C)C. The Balaban J connectivity index is 2.27. The van der Waals surface area contributed by atoms with Crippen LogP contribution in [-0.4, -0.2) is 40.8 Å². The van der Waals surface area contributed by atoms with E-state index in [1.54, 1.807) is 0 Å². The lowest BCUT2D eigenvalue weighted by Gasteiger charge is -2.48. The summed E-state index contributed by atoms with van der Waals surface area (Å²) < 4.78 is 6.39. The molecule has 2 rings (SSSR count). The van der Waals surface area contributed by atoms with Crippen LogP contribution in [0.5, 0.6) is 0 Å². The molecule has 2 N–H and O–H groups in total. The van der Waals surface area contributed by atoms with Gasteiger partial charge in [-0.15, -0.1) is 0 Å². The maximum Gasteiger partial charge on any atom is 0.0830 e. The number of nitrogens with two attached hydrogens (primary N) is 1. The van der Waals surface area contributed by atoms with Gasteiger partial charge in [-0.05, 0) is 65.8 Å². The first-order valence-corrected chi connectivity index (χ1v) is 8.30. The molecule has 1 atom stereocenters. The molecule has 0 amide bonds. The van der Waals surface area contributed by atoms with E-state index in [2.05, 4.69) is 46.4 Å². The van der Waals surface area contributed by atoms with Crippen LogP contribution in [0, 0.1) is 5.92 Å². The summed E-state index contributed by atoms with van der Waals surface area (Å²) in [4.78, 5) is 2.71. The second-order valence-corrected chi connectivity index (χ2v) is 8.39. The molecular weight excluding hydrogens is 248 g/mol. The average molecular weight is 282 g/mol. The molecule has 3 nitrogen and oxygen atoms in total. The molecule has 118 valence electrons. The molecule has 1 unspecified atom stereocenters. The predicted molar refractivity (Wildman–Crippen MR) is 84.8 cm³/mol. The number of nitrogens with zero attached hydrogens (tertiary/aromatic N) is 1. The lowest BCUT2D eigenvalue weighted by molar-refractivity contribution is -0.106. The zero-order valence-electron chi connectivity index (χ0n) is 14.3. The molecule has 2 aliphatic rings. The van der Waals surface area contributed by atoms with E-state index < -0.39 is 0 Å². The minimum atomic E-state index is -0.176. The second kappa shape index (κ2) is 5.26. The smallest absolute Gasteiger partial charge is 0.0830 e. The van der Waals surface area contributed by atoms with E-state index in [0.29, 0.717) is 6.54 Å². The maximum atomic E-state index is 6.39. The third kappa shape index (κ3) is 2.90. The van der Waals surface area contributed by atoms with Gasteiger partial charge in [0.25, 0.3) is 0 Å². The van der Waals surface area contributed by atoms with Crippen molar-refractivity contribution in [2.45, 2.75) is 90.0 Å². The van der Waals surface area contributed by atoms with E-state index in [0.717, 1.165) is 24.9 Å². The van der Waals surface area contributed by atoms with Gasteiger partial charge in [-0.3, -0.25) is 4.90 Å². The molecule has 3 heteroatoms. The molecule has 0 radical (unpaired) electrons. The Bertz CT molecular complexity index is 347. The number of ether oxygens (including phenoxy) is 1. The molecule has 0 spiro atoms. The van der Waals surface area contributed by atoms with Gasteiger partial charge in [-0.2, -0.15) is 0 Å². The fourth-order valence-electron chi connectivity index (χ4n) is 4.15. The van der Waals surface area contributed by atoms with Crippen molar-refractivity contribution in [2.75, 3.05) is 13.1 Å². The highest BCUT2D eigenvalue weighted by Gasteiger charge is 2.61. The van der Waals surface area contributed by atoms with Gasteiger partial charge < -0.3 is 10.5 Å². The molecule has 0 bridgehead atoms. The molecule has 2 fully saturated rings. The Morgan fingerprint density at radius 2 is 1.80 bits per heavy atom. The van der Waals surface area contributed by atoms with Gasteiger partial charge in [0, 0.05) is 12.6 Å². The number of hydrogen-bond donors (Lipinski definition) is 1. The first-order chi connectivity index (χ1) is 9.13. The van der Waals surface area contributed by atoms with Gasteiger partial charge in [0.15, 0.2) is 0 Å². The van der Waals surface area contributed by atoms with Crippen LogP contribution in [0.25, 0.3) is 0 Å². The van der Waals surface area contributed by atoms with Crippen LogP contribution in [0.4, 0.5) is 0 Å². The highest BCUT2D eigenvalue weighted by Crippen LogP contribution is 2.51. The Kier molecular flexibility index (Phi) is 4.27. The van der Waals surface area contributed by atoms with Gasteiger partial charge in [-0.25, -0.2) is 0 Å². The Morgan fingerprint density at radius 1 is 1.20 bits per heavy atom. The third-order valence-corrected chi connectivity index (χ3v) is 5.19. The Morgan fingerprint density at radius 3 is 2.15 bits per heavy atom. The number of hydrogen-bond acceptors (Lipinski definition) is 3. The van der Waals surface area contributed by atoms with Crippen LogP contribution in [0.2, 0.25) is 0 Å². The van der Waals surface area contributed by atoms with Crippen LogP contribution in [-0.2, 0) is 4.74 Å². The summed E-state index contributed by atoms with van der Waals surface area (Å²) in [5, 5.41) is 0. The van der Waals surface area contributed by atoms with Gasteiger partial charge >= 0.3 is 0 Å². The Hall–Kier alpha value is -0.120. The molecular formula is C17H34N2O. The Labute approximate surface area is 125 Å². The van der Waals surface area contributed by atoms with Crippen molar-refractivity contribution in [3.8, 4) is 0 Å². The van der Waals surface area contributed by atoms with E-state index in [4.69, 9.17) is 10.5 Å². The highest BCUT2D eigenvalue weighted by molar-refractivity contribution is 5.15. The van der Waals surface area contributed by atoms with Gasteiger partial charge in [0.2, 0.25) is 0 Å². The summed E-state index contributed by atoms with van der Waals surface area (Å²) in [6.45, 7) is 15.3. The molecule has 0 aromatic carbocycles. The normalized spacial score (nSPS) is 32.2. The first-order valence-electron chi connectivity index (χ1n) is 8.30. The molecule has 1 saturated heterocycles. The van der Waals surface area contributed by atoms with E-state index in [1.807, 2.05) is 0 Å². The van der Waals surface area contributed by atoms with Crippen molar-refractivity contribution < 1.29 is 4.74 Å². The summed E-state index contributed by atoms with van der Waals surface area (Å²) in [5.74, 6) is 0.740. The summed E-state index contributed by atoms with van der Waals surface area (Å²) in [7, 11) is 0. The molecule has 1 heterocycles. The van der Waals surface area contributed by atoms with Crippen molar-refractivity contribution >= 4 is 0 Å². The predicted octanol–water partition coefficient (Wildman–Crippen LogP) is 3.17. The average Bonchev–Trinajstić information content (AvgIpc) is 3.06. The molecule has 1 aliphatic carbocycles. The van der Waals surface area contributed by atoms with Gasteiger partial charge in [-0.1, -0.05) is 13.8 Å². The molecule has 1 saturated carbocycles. The molecule has 0 aromatic heterocycles. The van der Waals surface area contributed by atoms with Crippen molar-refractivity contribution in [1.29, 1.82) is 0 Å². The van der Waals surface area contributed by atoms with Crippen molar-refractivity contribution in [3.63, 3.8) is 0 Å². The lowest BCUT2D eigenvalue weighted by Crippen LogP contribution is -2.64. The summed E-state index contributed by atoms with van der Waals surface area (Å²) in [6, 6.07) is 0.731. The maximum absolute atomic E-state index is 6.39. The molecule has 1 aliphatic heterocycles. The van der Waals surface area contributed by atoms with Crippen molar-refractivity contribution in [2.24, 2.45) is 11.7 Å². The van der Waals surface area contributed by atoms with Crippen LogP contribution < -0.4 is 5.73 Å². The standard InChI is InChI=1S/C17H34N2O/c1-13(2)9-10-19(14-7-8-14)17(12-18)11-15(3,4)20-16(17,5)6/h13-14H,7-12,18H2,1-6H3. The fourth-order valence-corrected chi connectivity index (χ4v) is 4.15. The quantitative estimate of drug-likeness (QED) is 0.813. The van der Waals surface area contributed by atoms with Crippen molar-refractivity contribution in [1.82, 2.24) is 4.90 Å². The van der Waals surface area contributed by atoms with E-state index in [1.165, 1.54) is 19.3 Å². The monoisotopic (exact) mass is 282 g/mol. The van der Waals surface area contributed by atoms with E-state index >= 15 is 0 Å². The van der Waals surface area contributed by atoms with E-state index in [-0.39, 0.29) is 16.7 Å². The lowest BCUT2D eigenvalue weighted by atomic mass is 9.77. The van der Waals surface area contributed by atoms with E-state index in [9.17, 15) is 0 Å². The zero-order chi connectivity index (χ0) is 15.2. The van der Waals surface area contributed by atoms with Crippen LogP contribution in [0.1, 0.15) is 67.2 Å². The van der Waals surface area contributed by atoms with Gasteiger partial charge in [0.1, 0.15) is 0 Å². The zero-order valence-corrected chi connectivity index (χ0v) is 14.3. The molecule has 20 heavy (non-hydrogen) atoms. The third-order valence-electron chi connectivity index (χ3n) is 5.19. The summed E-state index contributed by atoms with van der Waals surface area (Å²) >= 11 is 0. The topological polar surface area (TPSA) is 38.5 Å². The fraction of sp³-hybridized carbons (Fsp3) is 1.00. The van der Waals surface area contributed by atoms with Crippen LogP contribution in [0.3, 0.4) is 0 Å². The summed E-state index contributed by atoms with van der Waals surface area (Å²) in [5.41, 5.74) is 6.06. The van der Waals surface area contributed by atoms with Gasteiger partial charge in [0.05, 0.1) is 16.7 Å². The number of rotatable bonds is 6. The van der Waals surface area contributed by atoms with Crippen LogP contribution >= 0.6 is 0 Å². The largest absolute Gasteiger partial charge is 0.368 e. The van der Waals surface area contributed by atoms with Crippen molar-refractivity contribution in [3.05, 3.63) is 0 Å². The first kappa shape index (κ1) is 16.3. The highest BCUT2D eigenvalue weighted by atomic mass is 16.5. The minimum Gasteiger partial charge on any atom is -0.368 e. The summed E-state index contributed by atoms with van der Waals surface area (Å²) in [6.07, 6.45) is 4.94.